The Labute approximate surface area is 258 Å². The smallest absolute Gasteiger partial charge is 0.139 e. The minimum atomic E-state index is 0.854. The number of hydrogen-bond acceptors (Lipinski definition) is 5. The molecule has 0 radical (unpaired) electrons. The van der Waals surface area contributed by atoms with E-state index in [0.29, 0.717) is 0 Å². The minimum absolute atomic E-state index is 0.854. The molecule has 5 heteroatoms. The second-order valence-corrected chi connectivity index (χ2v) is 11.6. The summed E-state index contributed by atoms with van der Waals surface area (Å²) in [7, 11) is 0. The lowest BCUT2D eigenvalue weighted by molar-refractivity contribution is 0.663. The van der Waals surface area contributed by atoms with Crippen molar-refractivity contribution in [3.05, 3.63) is 133 Å². The van der Waals surface area contributed by atoms with Crippen molar-refractivity contribution in [2.75, 3.05) is 0 Å². The van der Waals surface area contributed by atoms with E-state index in [2.05, 4.69) is 110 Å². The van der Waals surface area contributed by atoms with Crippen LogP contribution in [0.2, 0.25) is 0 Å². The third-order valence-corrected chi connectivity index (χ3v) is 8.88. The zero-order chi connectivity index (χ0) is 30.1. The molecule has 5 heterocycles. The Kier molecular flexibility index (Phi) is 5.56. The largest absolute Gasteiger partial charge is 0.455 e. The van der Waals surface area contributed by atoms with E-state index in [1.54, 1.807) is 0 Å². The molecule has 45 heavy (non-hydrogen) atoms. The Morgan fingerprint density at radius 2 is 1.20 bits per heavy atom. The molecular weight excluding hydrogens is 552 g/mol. The van der Waals surface area contributed by atoms with Gasteiger partial charge in [0.2, 0.25) is 0 Å². The molecule has 9 aromatic rings. The quantitative estimate of drug-likeness (QED) is 0.195. The molecule has 0 aliphatic heterocycles. The van der Waals surface area contributed by atoms with Crippen molar-refractivity contribution in [3.63, 3.8) is 0 Å². The van der Waals surface area contributed by atoms with Crippen molar-refractivity contribution in [2.45, 2.75) is 13.8 Å². The molecule has 0 amide bonds. The molecule has 0 bridgehead atoms. The van der Waals surface area contributed by atoms with Gasteiger partial charge in [-0.1, -0.05) is 66.7 Å². The monoisotopic (exact) mass is 578 g/mol. The highest BCUT2D eigenvalue weighted by Gasteiger charge is 2.18. The Morgan fingerprint density at radius 1 is 0.511 bits per heavy atom. The summed E-state index contributed by atoms with van der Waals surface area (Å²) in [5, 5.41) is 5.44. The molecule has 0 N–H and O–H groups in total. The lowest BCUT2D eigenvalue weighted by atomic mass is 9.96. The number of aromatic nitrogens is 4. The summed E-state index contributed by atoms with van der Waals surface area (Å²) < 4.78 is 6.49. The number of furan rings is 1. The highest BCUT2D eigenvalue weighted by atomic mass is 16.3. The number of pyridine rings is 4. The second-order valence-electron chi connectivity index (χ2n) is 11.6. The summed E-state index contributed by atoms with van der Waals surface area (Å²) in [6.45, 7) is 4.21. The van der Waals surface area contributed by atoms with Gasteiger partial charge in [0.05, 0.1) is 27.9 Å². The number of nitrogens with zero attached hydrogens (tertiary/aromatic N) is 4. The summed E-state index contributed by atoms with van der Waals surface area (Å²) in [6, 6.07) is 35.7. The maximum atomic E-state index is 6.49. The van der Waals surface area contributed by atoms with Crippen molar-refractivity contribution < 1.29 is 4.42 Å². The Balaban J connectivity index is 1.29. The van der Waals surface area contributed by atoms with E-state index in [-0.39, 0.29) is 0 Å². The lowest BCUT2D eigenvalue weighted by Gasteiger charge is -2.13. The fourth-order valence-corrected chi connectivity index (χ4v) is 6.59. The number of hydrogen-bond donors (Lipinski definition) is 0. The van der Waals surface area contributed by atoms with E-state index in [9.17, 15) is 0 Å². The molecule has 0 fully saturated rings. The number of benzene rings is 4. The zero-order valence-electron chi connectivity index (χ0n) is 24.7. The second kappa shape index (κ2) is 9.79. The van der Waals surface area contributed by atoms with Crippen molar-refractivity contribution in [2.24, 2.45) is 0 Å². The average Bonchev–Trinajstić information content (AvgIpc) is 3.48. The first-order valence-electron chi connectivity index (χ1n) is 15.0. The molecule has 5 nitrogen and oxygen atoms in total. The normalized spacial score (nSPS) is 11.8. The van der Waals surface area contributed by atoms with Crippen LogP contribution in [-0.2, 0) is 0 Å². The minimum Gasteiger partial charge on any atom is -0.455 e. The molecule has 0 aliphatic rings. The zero-order valence-corrected chi connectivity index (χ0v) is 24.7. The SMILES string of the molecule is Cc1cccc2c1oc1c(C)c(-c3cc(-c4cnc5c(ccc6cccnc65)c4)cc(-c4cccc5cccnc45)n3)ccc12. The Hall–Kier alpha value is -5.94. The summed E-state index contributed by atoms with van der Waals surface area (Å²) in [5.41, 5.74) is 12.5. The van der Waals surface area contributed by atoms with Crippen LogP contribution in [0.15, 0.2) is 126 Å². The van der Waals surface area contributed by atoms with E-state index >= 15 is 0 Å². The van der Waals surface area contributed by atoms with Gasteiger partial charge in [-0.3, -0.25) is 15.0 Å². The van der Waals surface area contributed by atoms with Gasteiger partial charge in [-0.2, -0.15) is 0 Å². The molecule has 0 unspecified atom stereocenters. The molecule has 0 atom stereocenters. The van der Waals surface area contributed by atoms with Crippen LogP contribution in [0.5, 0.6) is 0 Å². The lowest BCUT2D eigenvalue weighted by Crippen LogP contribution is -1.95. The van der Waals surface area contributed by atoms with E-state index in [1.165, 1.54) is 0 Å². The molecule has 9 rings (SSSR count). The van der Waals surface area contributed by atoms with Gasteiger partial charge in [-0.15, -0.1) is 0 Å². The van der Waals surface area contributed by atoms with Gasteiger partial charge < -0.3 is 4.42 Å². The summed E-state index contributed by atoms with van der Waals surface area (Å²) >= 11 is 0. The Bertz CT molecular complexity index is 2630. The third kappa shape index (κ3) is 4.01. The number of aryl methyl sites for hydroxylation is 2. The van der Waals surface area contributed by atoms with Crippen molar-refractivity contribution in [1.82, 2.24) is 19.9 Å². The molecule has 0 spiro atoms. The van der Waals surface area contributed by atoms with Gasteiger partial charge in [-0.05, 0) is 61.4 Å². The van der Waals surface area contributed by atoms with Gasteiger partial charge in [0.25, 0.3) is 0 Å². The predicted molar refractivity (Wildman–Crippen MR) is 183 cm³/mol. The molecule has 0 aliphatic carbocycles. The van der Waals surface area contributed by atoms with Gasteiger partial charge in [-0.25, -0.2) is 4.98 Å². The predicted octanol–water partition coefficient (Wildman–Crippen LogP) is 10.2. The van der Waals surface area contributed by atoms with Crippen molar-refractivity contribution in [3.8, 4) is 33.6 Å². The van der Waals surface area contributed by atoms with Gasteiger partial charge in [0, 0.05) is 67.8 Å². The molecular formula is C40H26N4O. The van der Waals surface area contributed by atoms with E-state index in [4.69, 9.17) is 19.4 Å². The van der Waals surface area contributed by atoms with Crippen LogP contribution in [0.4, 0.5) is 0 Å². The van der Waals surface area contributed by atoms with Crippen LogP contribution in [-0.4, -0.2) is 19.9 Å². The number of fused-ring (bicyclic) bond motifs is 7. The fourth-order valence-electron chi connectivity index (χ4n) is 6.59. The molecule has 5 aromatic heterocycles. The summed E-state index contributed by atoms with van der Waals surface area (Å²) in [6.07, 6.45) is 5.60. The summed E-state index contributed by atoms with van der Waals surface area (Å²) in [4.78, 5) is 19.6. The van der Waals surface area contributed by atoms with Crippen LogP contribution in [0.25, 0.3) is 88.3 Å². The molecule has 4 aromatic carbocycles. The molecule has 0 saturated heterocycles. The maximum Gasteiger partial charge on any atom is 0.139 e. The highest BCUT2D eigenvalue weighted by Crippen LogP contribution is 2.39. The fraction of sp³-hybridized carbons (Fsp3) is 0.0500. The average molecular weight is 579 g/mol. The number of para-hydroxylation sites is 2. The van der Waals surface area contributed by atoms with Crippen LogP contribution in [0, 0.1) is 13.8 Å². The van der Waals surface area contributed by atoms with Crippen molar-refractivity contribution in [1.29, 1.82) is 0 Å². The van der Waals surface area contributed by atoms with E-state index in [0.717, 1.165) is 99.4 Å². The Morgan fingerprint density at radius 3 is 2.07 bits per heavy atom. The maximum absolute atomic E-state index is 6.49. The van der Waals surface area contributed by atoms with Crippen molar-refractivity contribution >= 4 is 54.6 Å². The van der Waals surface area contributed by atoms with Gasteiger partial charge in [0.1, 0.15) is 11.2 Å². The van der Waals surface area contributed by atoms with Crippen LogP contribution >= 0.6 is 0 Å². The number of rotatable bonds is 3. The molecule has 212 valence electrons. The highest BCUT2D eigenvalue weighted by molar-refractivity contribution is 6.08. The summed E-state index contributed by atoms with van der Waals surface area (Å²) in [5.74, 6) is 0. The van der Waals surface area contributed by atoms with Crippen LogP contribution in [0.3, 0.4) is 0 Å². The van der Waals surface area contributed by atoms with Crippen LogP contribution < -0.4 is 0 Å². The van der Waals surface area contributed by atoms with Gasteiger partial charge in [0.15, 0.2) is 0 Å². The van der Waals surface area contributed by atoms with E-state index in [1.807, 2.05) is 30.7 Å². The molecule has 0 saturated carbocycles. The first-order chi connectivity index (χ1) is 22.1. The first kappa shape index (κ1) is 25.5. The van der Waals surface area contributed by atoms with Crippen LogP contribution in [0.1, 0.15) is 11.1 Å². The van der Waals surface area contributed by atoms with E-state index < -0.39 is 0 Å². The van der Waals surface area contributed by atoms with Gasteiger partial charge >= 0.3 is 0 Å². The standard InChI is InChI=1S/C40H26N4O/c1-23-7-3-11-31-32-16-15-30(24(2)40(32)45-39(23)31)34-20-28(21-35(44-34)33-12-4-8-25-9-5-17-41-36(25)33)29-19-27-14-13-26-10-6-18-42-37(26)38(27)43-22-29/h3-22H,1-2H3. The first-order valence-corrected chi connectivity index (χ1v) is 15.0. The third-order valence-electron chi connectivity index (χ3n) is 8.88. The topological polar surface area (TPSA) is 64.7 Å².